The Hall–Kier alpha value is -0.520. The first kappa shape index (κ1) is 22.5. The number of halogens is 3. The number of carbonyl (C=O) groups excluding carboxylic acids is 1. The number of piperidine rings is 1. The van der Waals surface area contributed by atoms with Crippen LogP contribution in [0.15, 0.2) is 18.2 Å². The van der Waals surface area contributed by atoms with Crippen LogP contribution in [0.4, 0.5) is 0 Å². The maximum absolute atomic E-state index is 12.3. The van der Waals surface area contributed by atoms with Crippen molar-refractivity contribution in [3.8, 4) is 0 Å². The van der Waals surface area contributed by atoms with Crippen molar-refractivity contribution in [1.29, 1.82) is 0 Å². The van der Waals surface area contributed by atoms with Crippen molar-refractivity contribution in [2.24, 2.45) is 11.7 Å². The summed E-state index contributed by atoms with van der Waals surface area (Å²) < 4.78 is 5.95. The fourth-order valence-corrected chi connectivity index (χ4v) is 3.25. The van der Waals surface area contributed by atoms with Crippen molar-refractivity contribution in [3.05, 3.63) is 33.8 Å². The summed E-state index contributed by atoms with van der Waals surface area (Å²) in [7, 11) is 0. The molecule has 1 aliphatic rings. The van der Waals surface area contributed by atoms with E-state index in [0.717, 1.165) is 24.8 Å². The zero-order valence-corrected chi connectivity index (χ0v) is 17.0. The highest BCUT2D eigenvalue weighted by Gasteiger charge is 2.27. The molecule has 0 bridgehead atoms. The Labute approximate surface area is 166 Å². The number of hydrogen-bond acceptors (Lipinski definition) is 3. The van der Waals surface area contributed by atoms with Gasteiger partial charge in [0.1, 0.15) is 0 Å². The van der Waals surface area contributed by atoms with Crippen molar-refractivity contribution in [2.45, 2.75) is 51.9 Å². The van der Waals surface area contributed by atoms with E-state index in [4.69, 9.17) is 33.7 Å². The fraction of sp³-hybridized carbons (Fsp3) is 0.611. The molecule has 142 valence electrons. The largest absolute Gasteiger partial charge is 0.373 e. The molecule has 1 aromatic rings. The monoisotopic (exact) mass is 408 g/mol. The molecule has 1 saturated heterocycles. The van der Waals surface area contributed by atoms with Gasteiger partial charge in [0.2, 0.25) is 5.91 Å². The minimum Gasteiger partial charge on any atom is -0.373 e. The molecule has 0 spiro atoms. The van der Waals surface area contributed by atoms with Gasteiger partial charge >= 0.3 is 0 Å². The average molecular weight is 410 g/mol. The second-order valence-electron chi connectivity index (χ2n) is 6.82. The predicted molar refractivity (Wildman–Crippen MR) is 106 cm³/mol. The van der Waals surface area contributed by atoms with E-state index in [-0.39, 0.29) is 24.4 Å². The van der Waals surface area contributed by atoms with Gasteiger partial charge in [0, 0.05) is 13.1 Å². The lowest BCUT2D eigenvalue weighted by Gasteiger charge is -2.33. The van der Waals surface area contributed by atoms with Crippen LogP contribution in [0.25, 0.3) is 0 Å². The molecule has 1 amide bonds. The summed E-state index contributed by atoms with van der Waals surface area (Å²) in [4.78, 5) is 14.2. The van der Waals surface area contributed by atoms with Gasteiger partial charge in [-0.2, -0.15) is 0 Å². The van der Waals surface area contributed by atoms with Crippen LogP contribution in [0.1, 0.15) is 38.7 Å². The van der Waals surface area contributed by atoms with E-state index in [1.807, 2.05) is 17.0 Å². The molecule has 0 aliphatic carbocycles. The molecule has 2 N–H and O–H groups in total. The fourth-order valence-electron chi connectivity index (χ4n) is 2.93. The van der Waals surface area contributed by atoms with Crippen molar-refractivity contribution < 1.29 is 9.53 Å². The number of nitrogens with two attached hydrogens (primary N) is 1. The normalized spacial score (nSPS) is 16.6. The van der Waals surface area contributed by atoms with E-state index in [9.17, 15) is 4.79 Å². The quantitative estimate of drug-likeness (QED) is 0.762. The zero-order valence-electron chi connectivity index (χ0n) is 14.7. The smallest absolute Gasteiger partial charge is 0.239 e. The highest BCUT2D eigenvalue weighted by Crippen LogP contribution is 2.24. The Morgan fingerprint density at radius 1 is 1.28 bits per heavy atom. The van der Waals surface area contributed by atoms with Crippen LogP contribution in [-0.2, 0) is 16.1 Å². The molecule has 7 heteroatoms. The summed E-state index contributed by atoms with van der Waals surface area (Å²) in [6.45, 7) is 6.07. The number of carbonyl (C=O) groups is 1. The second kappa shape index (κ2) is 10.6. The molecule has 1 heterocycles. The molecule has 2 rings (SSSR count). The van der Waals surface area contributed by atoms with Crippen molar-refractivity contribution in [3.63, 3.8) is 0 Å². The van der Waals surface area contributed by atoms with Crippen LogP contribution in [-0.4, -0.2) is 36.0 Å². The number of nitrogens with zero attached hydrogens (tertiary/aromatic N) is 1. The number of benzene rings is 1. The van der Waals surface area contributed by atoms with E-state index in [1.165, 1.54) is 0 Å². The van der Waals surface area contributed by atoms with Gasteiger partial charge in [-0.1, -0.05) is 43.1 Å². The average Bonchev–Trinajstić information content (AvgIpc) is 2.55. The molecule has 0 unspecified atom stereocenters. The van der Waals surface area contributed by atoms with Gasteiger partial charge < -0.3 is 15.4 Å². The van der Waals surface area contributed by atoms with E-state index < -0.39 is 6.04 Å². The lowest BCUT2D eigenvalue weighted by atomic mass is 10.0. The zero-order chi connectivity index (χ0) is 17.7. The van der Waals surface area contributed by atoms with Crippen LogP contribution >= 0.6 is 35.6 Å². The minimum absolute atomic E-state index is 0. The molecule has 4 nitrogen and oxygen atoms in total. The van der Waals surface area contributed by atoms with Gasteiger partial charge in [0.05, 0.1) is 28.8 Å². The van der Waals surface area contributed by atoms with Crippen LogP contribution in [0.5, 0.6) is 0 Å². The van der Waals surface area contributed by atoms with Crippen LogP contribution in [0, 0.1) is 5.92 Å². The Morgan fingerprint density at radius 2 is 1.92 bits per heavy atom. The Kier molecular flexibility index (Phi) is 9.54. The third-order valence-corrected chi connectivity index (χ3v) is 5.00. The standard InChI is InChI=1S/C18H26Cl2N2O2.ClH/c1-12(2)9-17(21)18(23)22-7-5-14(6-8-22)24-11-13-3-4-15(19)16(20)10-13;/h3-4,10,12,14,17H,5-9,11,21H2,1-2H3;1H/t17-;/m0./s1. The first-order valence-corrected chi connectivity index (χ1v) is 9.22. The third-order valence-electron chi connectivity index (χ3n) is 4.27. The molecule has 0 saturated carbocycles. The lowest BCUT2D eigenvalue weighted by Crippen LogP contribution is -2.48. The topological polar surface area (TPSA) is 55.6 Å². The first-order valence-electron chi connectivity index (χ1n) is 8.46. The molecule has 0 aromatic heterocycles. The Bertz CT molecular complexity index is 561. The Morgan fingerprint density at radius 3 is 2.48 bits per heavy atom. The lowest BCUT2D eigenvalue weighted by molar-refractivity contribution is -0.135. The molecular formula is C18H27Cl3N2O2. The molecule has 1 aliphatic heterocycles. The van der Waals surface area contributed by atoms with Crippen LogP contribution in [0.2, 0.25) is 10.0 Å². The summed E-state index contributed by atoms with van der Waals surface area (Å²) >= 11 is 11.9. The molecular weight excluding hydrogens is 383 g/mol. The van der Waals surface area contributed by atoms with E-state index in [2.05, 4.69) is 13.8 Å². The Balaban J connectivity index is 0.00000312. The van der Waals surface area contributed by atoms with E-state index in [1.54, 1.807) is 6.07 Å². The molecule has 1 atom stereocenters. The van der Waals surface area contributed by atoms with Gasteiger partial charge in [0.15, 0.2) is 0 Å². The number of likely N-dealkylation sites (tertiary alicyclic amines) is 1. The number of rotatable bonds is 6. The molecule has 25 heavy (non-hydrogen) atoms. The maximum atomic E-state index is 12.3. The van der Waals surface area contributed by atoms with Gasteiger partial charge in [0.25, 0.3) is 0 Å². The van der Waals surface area contributed by atoms with Crippen molar-refractivity contribution in [1.82, 2.24) is 4.90 Å². The molecule has 1 aromatic carbocycles. The number of ether oxygens (including phenoxy) is 1. The van der Waals surface area contributed by atoms with E-state index >= 15 is 0 Å². The highest BCUT2D eigenvalue weighted by molar-refractivity contribution is 6.42. The SMILES string of the molecule is CC(C)C[C@H](N)C(=O)N1CCC(OCc2ccc(Cl)c(Cl)c2)CC1.Cl. The van der Waals surface area contributed by atoms with Crippen LogP contribution in [0.3, 0.4) is 0 Å². The van der Waals surface area contributed by atoms with Crippen molar-refractivity contribution >= 4 is 41.5 Å². The van der Waals surface area contributed by atoms with Gasteiger partial charge in [-0.3, -0.25) is 4.79 Å². The van der Waals surface area contributed by atoms with Gasteiger partial charge in [-0.05, 0) is 42.9 Å². The second-order valence-corrected chi connectivity index (χ2v) is 7.63. The maximum Gasteiger partial charge on any atom is 0.239 e. The first-order chi connectivity index (χ1) is 11.4. The summed E-state index contributed by atoms with van der Waals surface area (Å²) in [6, 6.07) is 5.13. The molecule has 1 fully saturated rings. The third kappa shape index (κ3) is 6.95. The number of hydrogen-bond donors (Lipinski definition) is 1. The van der Waals surface area contributed by atoms with Crippen molar-refractivity contribution in [2.75, 3.05) is 13.1 Å². The van der Waals surface area contributed by atoms with Gasteiger partial charge in [-0.25, -0.2) is 0 Å². The molecule has 0 radical (unpaired) electrons. The highest BCUT2D eigenvalue weighted by atomic mass is 35.5. The predicted octanol–water partition coefficient (Wildman–Crippen LogP) is 4.30. The van der Waals surface area contributed by atoms with E-state index in [0.29, 0.717) is 35.7 Å². The summed E-state index contributed by atoms with van der Waals surface area (Å²) in [6.07, 6.45) is 2.56. The van der Waals surface area contributed by atoms with Gasteiger partial charge in [-0.15, -0.1) is 12.4 Å². The van der Waals surface area contributed by atoms with Crippen LogP contribution < -0.4 is 5.73 Å². The summed E-state index contributed by atoms with van der Waals surface area (Å²) in [5.74, 6) is 0.489. The summed E-state index contributed by atoms with van der Waals surface area (Å²) in [5, 5.41) is 1.09. The summed E-state index contributed by atoms with van der Waals surface area (Å²) in [5.41, 5.74) is 7.00. The number of amides is 1. The minimum atomic E-state index is -0.390.